The van der Waals surface area contributed by atoms with Crippen LogP contribution in [0, 0.1) is 0 Å². The lowest BCUT2D eigenvalue weighted by molar-refractivity contribution is 0.801. The summed E-state index contributed by atoms with van der Waals surface area (Å²) in [6, 6.07) is 96.2. The van der Waals surface area contributed by atoms with Crippen LogP contribution in [0.4, 0.5) is 34.1 Å². The quantitative estimate of drug-likeness (QED) is 0.158. The van der Waals surface area contributed by atoms with Crippen LogP contribution in [-0.2, 0) is 5.41 Å². The second-order valence-corrected chi connectivity index (χ2v) is 18.0. The van der Waals surface area contributed by atoms with Crippen LogP contribution in [0.3, 0.4) is 0 Å². The van der Waals surface area contributed by atoms with Crippen molar-refractivity contribution in [3.05, 3.63) is 283 Å². The average Bonchev–Trinajstić information content (AvgIpc) is 4.02. The van der Waals surface area contributed by atoms with Crippen molar-refractivity contribution in [2.24, 2.45) is 0 Å². The molecule has 0 bridgehead atoms. The van der Waals surface area contributed by atoms with Gasteiger partial charge in [0.2, 0.25) is 0 Å². The highest BCUT2D eigenvalue weighted by Gasteiger charge is 2.53. The largest absolute Gasteiger partial charge is 0.310 e. The van der Waals surface area contributed by atoms with Crippen LogP contribution in [0.1, 0.15) is 22.3 Å². The number of benzene rings is 11. The Bertz CT molecular complexity index is 3870. The first kappa shape index (κ1) is 38.4. The molecule has 1 atom stereocenters. The second-order valence-electron chi connectivity index (χ2n) is 18.0. The molecule has 0 saturated carbocycles. The Kier molecular flexibility index (Phi) is 8.50. The topological polar surface area (TPSA) is 11.4 Å². The minimum absolute atomic E-state index is 0.630. The van der Waals surface area contributed by atoms with Crippen molar-refractivity contribution in [1.82, 2.24) is 4.57 Å². The van der Waals surface area contributed by atoms with Gasteiger partial charge in [0.25, 0.3) is 0 Å². The summed E-state index contributed by atoms with van der Waals surface area (Å²) in [5.41, 5.74) is 19.8. The van der Waals surface area contributed by atoms with Gasteiger partial charge < -0.3 is 14.4 Å². The maximum absolute atomic E-state index is 2.51. The van der Waals surface area contributed by atoms with Gasteiger partial charge in [0, 0.05) is 50.5 Å². The van der Waals surface area contributed by atoms with Crippen molar-refractivity contribution < 1.29 is 0 Å². The van der Waals surface area contributed by atoms with Gasteiger partial charge in [0.1, 0.15) is 0 Å². The summed E-state index contributed by atoms with van der Waals surface area (Å²) in [7, 11) is 0. The van der Waals surface area contributed by atoms with E-state index in [2.05, 4.69) is 275 Å². The van der Waals surface area contributed by atoms with Gasteiger partial charge in [-0.25, -0.2) is 0 Å². The molecule has 0 amide bonds. The third-order valence-electron chi connectivity index (χ3n) is 14.5. The van der Waals surface area contributed by atoms with Gasteiger partial charge in [0.05, 0.1) is 22.1 Å². The summed E-state index contributed by atoms with van der Waals surface area (Å²) in [5.74, 6) is 0. The van der Waals surface area contributed by atoms with Gasteiger partial charge >= 0.3 is 0 Å². The minimum atomic E-state index is -0.630. The number of anilines is 6. The summed E-state index contributed by atoms with van der Waals surface area (Å²) < 4.78 is 2.42. The molecule has 0 N–H and O–H groups in total. The molecule has 14 rings (SSSR count). The van der Waals surface area contributed by atoms with Gasteiger partial charge in [-0.15, -0.1) is 0 Å². The van der Waals surface area contributed by atoms with Gasteiger partial charge in [0.15, 0.2) is 0 Å². The molecule has 1 aromatic heterocycles. The van der Waals surface area contributed by atoms with E-state index in [0.717, 1.165) is 45.3 Å². The number of fused-ring (bicyclic) bond motifs is 15. The Morgan fingerprint density at radius 1 is 0.309 bits per heavy atom. The lowest BCUT2D eigenvalue weighted by atomic mass is 9.69. The van der Waals surface area contributed by atoms with Crippen molar-refractivity contribution in [3.63, 3.8) is 0 Å². The molecule has 0 radical (unpaired) electrons. The fraction of sp³-hybridized carbons (Fsp3) is 0.0154. The average molecular weight is 866 g/mol. The van der Waals surface area contributed by atoms with E-state index >= 15 is 0 Å². The van der Waals surface area contributed by atoms with E-state index < -0.39 is 5.41 Å². The molecule has 2 aliphatic rings. The Morgan fingerprint density at radius 2 is 0.809 bits per heavy atom. The number of hydrogen-bond acceptors (Lipinski definition) is 2. The smallest absolute Gasteiger partial charge is 0.0733 e. The zero-order chi connectivity index (χ0) is 44.8. The van der Waals surface area contributed by atoms with Crippen molar-refractivity contribution in [2.45, 2.75) is 5.41 Å². The maximum Gasteiger partial charge on any atom is 0.0733 e. The zero-order valence-electron chi connectivity index (χ0n) is 37.2. The Morgan fingerprint density at radius 3 is 1.51 bits per heavy atom. The molecule has 1 heterocycles. The number of hydrogen-bond donors (Lipinski definition) is 0. The van der Waals surface area contributed by atoms with E-state index in [1.165, 1.54) is 71.6 Å². The van der Waals surface area contributed by atoms with Crippen LogP contribution in [0.2, 0.25) is 0 Å². The third kappa shape index (κ3) is 5.47. The fourth-order valence-electron chi connectivity index (χ4n) is 11.9. The van der Waals surface area contributed by atoms with E-state index in [4.69, 9.17) is 0 Å². The highest BCUT2D eigenvalue weighted by Crippen LogP contribution is 2.67. The van der Waals surface area contributed by atoms with Crippen LogP contribution in [-0.4, -0.2) is 4.57 Å². The molecule has 0 fully saturated rings. The summed E-state index contributed by atoms with van der Waals surface area (Å²) in [6.07, 6.45) is 0. The van der Waals surface area contributed by atoms with Gasteiger partial charge in [-0.2, -0.15) is 0 Å². The highest BCUT2D eigenvalue weighted by molar-refractivity contribution is 6.13. The third-order valence-corrected chi connectivity index (χ3v) is 14.5. The van der Waals surface area contributed by atoms with Gasteiger partial charge in [-0.05, 0) is 135 Å². The summed E-state index contributed by atoms with van der Waals surface area (Å²) in [5, 5.41) is 4.92. The lowest BCUT2D eigenvalue weighted by Crippen LogP contribution is -2.27. The minimum Gasteiger partial charge on any atom is -0.310 e. The molecule has 3 nitrogen and oxygen atoms in total. The van der Waals surface area contributed by atoms with Gasteiger partial charge in [-0.1, -0.05) is 176 Å². The van der Waals surface area contributed by atoms with Crippen LogP contribution in [0.5, 0.6) is 0 Å². The number of aromatic nitrogens is 1. The van der Waals surface area contributed by atoms with Crippen LogP contribution in [0.25, 0.3) is 60.5 Å². The first-order valence-corrected chi connectivity index (χ1v) is 23.5. The molecule has 318 valence electrons. The van der Waals surface area contributed by atoms with Crippen molar-refractivity contribution in [3.8, 4) is 27.9 Å². The standard InChI is InChI=1S/C65H43N3/c1-5-22-45(23-6-1)66(46-24-7-2-8-25-46)49-37-39-53-52-31-15-18-34-57(52)65(59(53)42-49)58-35-19-16-33-56(58)63-62(41-44-21-13-14-30-51(44)64(63)65)67(47-26-9-3-10-27-47)50-38-40-55-54-32-17-20-36-60(54)68(61(55)43-50)48-28-11-4-12-29-48/h1-43H. The van der Waals surface area contributed by atoms with Crippen molar-refractivity contribution >= 4 is 66.7 Å². The maximum atomic E-state index is 2.51. The number of nitrogens with zero attached hydrogens (tertiary/aromatic N) is 3. The molecule has 1 unspecified atom stereocenters. The molecule has 11 aromatic carbocycles. The highest BCUT2D eigenvalue weighted by atomic mass is 15.2. The fourth-order valence-corrected chi connectivity index (χ4v) is 11.9. The lowest BCUT2D eigenvalue weighted by Gasteiger charge is -2.34. The van der Waals surface area contributed by atoms with Gasteiger partial charge in [-0.3, -0.25) is 0 Å². The first-order valence-electron chi connectivity index (χ1n) is 23.5. The monoisotopic (exact) mass is 865 g/mol. The molecule has 3 heteroatoms. The molecule has 1 spiro atoms. The molecule has 2 aliphatic carbocycles. The van der Waals surface area contributed by atoms with E-state index in [1.54, 1.807) is 0 Å². The molecular weight excluding hydrogens is 823 g/mol. The normalized spacial score (nSPS) is 14.2. The van der Waals surface area contributed by atoms with Crippen LogP contribution in [0.15, 0.2) is 261 Å². The summed E-state index contributed by atoms with van der Waals surface area (Å²) in [6.45, 7) is 0. The Balaban J connectivity index is 1.09. The van der Waals surface area contributed by atoms with Crippen LogP contribution >= 0.6 is 0 Å². The number of rotatable bonds is 7. The zero-order valence-corrected chi connectivity index (χ0v) is 37.2. The summed E-state index contributed by atoms with van der Waals surface area (Å²) >= 11 is 0. The van der Waals surface area contributed by atoms with Crippen LogP contribution < -0.4 is 9.80 Å². The SMILES string of the molecule is c1ccc(N(c2ccccc2)c2ccc3c(c2)C2(c4ccccc4-3)c3ccccc3-c3c(N(c4ccccc4)c4ccc5c6ccccc6n(-c6ccccc6)c5c4)cc4ccccc4c32)cc1. The van der Waals surface area contributed by atoms with E-state index in [-0.39, 0.29) is 0 Å². The number of para-hydroxylation sites is 5. The first-order chi connectivity index (χ1) is 33.8. The molecule has 0 saturated heterocycles. The van der Waals surface area contributed by atoms with E-state index in [0.29, 0.717) is 0 Å². The molecule has 68 heavy (non-hydrogen) atoms. The molecule has 0 aliphatic heterocycles. The van der Waals surface area contributed by atoms with E-state index in [1.807, 2.05) is 0 Å². The predicted octanol–water partition coefficient (Wildman–Crippen LogP) is 17.2. The molecular formula is C65H43N3. The summed E-state index contributed by atoms with van der Waals surface area (Å²) in [4.78, 5) is 4.91. The van der Waals surface area contributed by atoms with Crippen molar-refractivity contribution in [1.29, 1.82) is 0 Å². The Hall–Kier alpha value is -8.92. The Labute approximate surface area is 395 Å². The molecule has 12 aromatic rings. The van der Waals surface area contributed by atoms with Crippen molar-refractivity contribution in [2.75, 3.05) is 9.80 Å². The van der Waals surface area contributed by atoms with E-state index in [9.17, 15) is 0 Å². The second kappa shape index (κ2) is 15.1. The predicted molar refractivity (Wildman–Crippen MR) is 284 cm³/mol.